The largest absolute Gasteiger partial charge is 0.505 e. The van der Waals surface area contributed by atoms with Crippen LogP contribution in [-0.4, -0.2) is 27.1 Å². The monoisotopic (exact) mass is 183 g/mol. The second-order valence-corrected chi connectivity index (χ2v) is 3.43. The summed E-state index contributed by atoms with van der Waals surface area (Å²) in [6.45, 7) is 0. The fourth-order valence-electron chi connectivity index (χ4n) is 0.990. The van der Waals surface area contributed by atoms with Crippen LogP contribution in [0, 0.1) is 0 Å². The molecule has 0 aliphatic rings. The minimum atomic E-state index is -1.48. The molecule has 7 heteroatoms. The van der Waals surface area contributed by atoms with E-state index >= 15 is 0 Å². The summed E-state index contributed by atoms with van der Waals surface area (Å²) in [6.07, 6.45) is 0. The van der Waals surface area contributed by atoms with E-state index in [1.54, 1.807) is 6.07 Å². The van der Waals surface area contributed by atoms with Gasteiger partial charge in [-0.15, -0.1) is 0 Å². The molecule has 0 aliphatic carbocycles. The second kappa shape index (κ2) is 2.48. The molecule has 2 rings (SSSR count). The van der Waals surface area contributed by atoms with Crippen molar-refractivity contribution >= 4 is 39.5 Å². The highest BCUT2D eigenvalue weighted by molar-refractivity contribution is 7.22. The lowest BCUT2D eigenvalue weighted by atomic mass is 9.87. The minimum absolute atomic E-state index is 0.337. The number of nitrogen functional groups attached to an aromatic ring is 1. The SMILES string of the molecule is Nc1nc2[nH]c(B(O)O)cc2s1. The van der Waals surface area contributed by atoms with Gasteiger partial charge in [0.15, 0.2) is 10.8 Å². The van der Waals surface area contributed by atoms with Crippen LogP contribution in [0.15, 0.2) is 6.07 Å². The van der Waals surface area contributed by atoms with Gasteiger partial charge in [0.05, 0.1) is 4.70 Å². The summed E-state index contributed by atoms with van der Waals surface area (Å²) < 4.78 is 0.829. The number of rotatable bonds is 1. The quantitative estimate of drug-likeness (QED) is 0.421. The van der Waals surface area contributed by atoms with Crippen molar-refractivity contribution in [3.05, 3.63) is 6.07 Å². The molecule has 0 bridgehead atoms. The Kier molecular flexibility index (Phi) is 1.57. The Morgan fingerprint density at radius 1 is 1.58 bits per heavy atom. The fourth-order valence-corrected chi connectivity index (χ4v) is 1.73. The van der Waals surface area contributed by atoms with Crippen molar-refractivity contribution in [1.29, 1.82) is 0 Å². The van der Waals surface area contributed by atoms with Gasteiger partial charge in [-0.1, -0.05) is 11.3 Å². The highest BCUT2D eigenvalue weighted by atomic mass is 32.1. The number of hydrogen-bond donors (Lipinski definition) is 4. The first-order valence-corrected chi connectivity index (χ1v) is 4.09. The molecule has 2 aromatic heterocycles. The van der Waals surface area contributed by atoms with Crippen LogP contribution in [-0.2, 0) is 0 Å². The molecule has 0 saturated heterocycles. The first kappa shape index (κ1) is 7.60. The molecule has 0 atom stereocenters. The Labute approximate surface area is 72.0 Å². The minimum Gasteiger partial charge on any atom is -0.422 e. The van der Waals surface area contributed by atoms with Crippen LogP contribution in [0.3, 0.4) is 0 Å². The molecule has 12 heavy (non-hydrogen) atoms. The van der Waals surface area contributed by atoms with E-state index < -0.39 is 7.12 Å². The molecule has 0 radical (unpaired) electrons. The molecule has 2 heterocycles. The number of nitrogens with two attached hydrogens (primary N) is 1. The standard InChI is InChI=1S/C5H6BN3O2S/c7-5-9-4-2(12-5)1-3(8-4)6(10)11/h1,8,10-11H,(H2,7,9). The normalized spacial score (nSPS) is 10.8. The van der Waals surface area contributed by atoms with Gasteiger partial charge in [0.2, 0.25) is 0 Å². The maximum Gasteiger partial charge on any atom is 0.505 e. The van der Waals surface area contributed by atoms with Crippen molar-refractivity contribution in [3.8, 4) is 0 Å². The van der Waals surface area contributed by atoms with Gasteiger partial charge in [-0.25, -0.2) is 4.98 Å². The van der Waals surface area contributed by atoms with E-state index in [1.807, 2.05) is 0 Å². The van der Waals surface area contributed by atoms with E-state index in [4.69, 9.17) is 15.8 Å². The lowest BCUT2D eigenvalue weighted by Crippen LogP contribution is -2.30. The Hall–Kier alpha value is -1.05. The van der Waals surface area contributed by atoms with Crippen LogP contribution in [0.1, 0.15) is 0 Å². The summed E-state index contributed by atoms with van der Waals surface area (Å²) in [5.41, 5.74) is 6.36. The first-order valence-electron chi connectivity index (χ1n) is 3.28. The van der Waals surface area contributed by atoms with Gasteiger partial charge in [0.25, 0.3) is 0 Å². The van der Waals surface area contributed by atoms with Crippen LogP contribution in [0.5, 0.6) is 0 Å². The molecule has 5 nitrogen and oxygen atoms in total. The first-order chi connectivity index (χ1) is 5.66. The summed E-state index contributed by atoms with van der Waals surface area (Å²) in [4.78, 5) is 6.67. The molecule has 2 aromatic rings. The molecule has 5 N–H and O–H groups in total. The second-order valence-electron chi connectivity index (χ2n) is 2.36. The number of thiazole rings is 1. The lowest BCUT2D eigenvalue weighted by molar-refractivity contribution is 0.424. The topological polar surface area (TPSA) is 95.2 Å². The third-order valence-corrected chi connectivity index (χ3v) is 2.33. The van der Waals surface area contributed by atoms with E-state index in [0.29, 0.717) is 16.4 Å². The molecule has 0 spiro atoms. The molecule has 0 fully saturated rings. The smallest absolute Gasteiger partial charge is 0.422 e. The summed E-state index contributed by atoms with van der Waals surface area (Å²) >= 11 is 1.30. The van der Waals surface area contributed by atoms with Crippen molar-refractivity contribution in [2.45, 2.75) is 0 Å². The van der Waals surface area contributed by atoms with Crippen molar-refractivity contribution in [3.63, 3.8) is 0 Å². The zero-order valence-corrected chi connectivity index (χ0v) is 6.80. The Bertz CT molecular complexity index is 378. The third-order valence-electron chi connectivity index (χ3n) is 1.50. The average molecular weight is 183 g/mol. The number of nitrogens with zero attached hydrogens (tertiary/aromatic N) is 1. The predicted molar refractivity (Wildman–Crippen MR) is 48.2 cm³/mol. The molecule has 0 aliphatic heterocycles. The van der Waals surface area contributed by atoms with E-state index in [9.17, 15) is 0 Å². The van der Waals surface area contributed by atoms with Crippen LogP contribution in [0.4, 0.5) is 5.13 Å². The zero-order valence-electron chi connectivity index (χ0n) is 5.98. The van der Waals surface area contributed by atoms with Gasteiger partial charge in [-0.05, 0) is 6.07 Å². The van der Waals surface area contributed by atoms with Crippen LogP contribution in [0.25, 0.3) is 10.3 Å². The lowest BCUT2D eigenvalue weighted by Gasteiger charge is -1.90. The van der Waals surface area contributed by atoms with E-state index in [1.165, 1.54) is 11.3 Å². The number of H-pyrrole nitrogens is 1. The van der Waals surface area contributed by atoms with Gasteiger partial charge < -0.3 is 20.8 Å². The molecule has 0 unspecified atom stereocenters. The summed E-state index contributed by atoms with van der Waals surface area (Å²) in [5, 5.41) is 18.0. The highest BCUT2D eigenvalue weighted by Crippen LogP contribution is 2.20. The average Bonchev–Trinajstić information content (AvgIpc) is 2.42. The molecular weight excluding hydrogens is 177 g/mol. The van der Waals surface area contributed by atoms with Gasteiger partial charge >= 0.3 is 7.12 Å². The Balaban J connectivity index is 2.57. The summed E-state index contributed by atoms with van der Waals surface area (Å²) in [6, 6.07) is 1.62. The third kappa shape index (κ3) is 1.08. The Morgan fingerprint density at radius 3 is 2.92 bits per heavy atom. The van der Waals surface area contributed by atoms with E-state index in [-0.39, 0.29) is 0 Å². The summed E-state index contributed by atoms with van der Waals surface area (Å²) in [5.74, 6) is 0. The van der Waals surface area contributed by atoms with Gasteiger partial charge in [0.1, 0.15) is 0 Å². The highest BCUT2D eigenvalue weighted by Gasteiger charge is 2.15. The van der Waals surface area contributed by atoms with Crippen LogP contribution >= 0.6 is 11.3 Å². The number of aromatic nitrogens is 2. The van der Waals surface area contributed by atoms with Crippen molar-refractivity contribution in [1.82, 2.24) is 9.97 Å². The molecule has 0 aromatic carbocycles. The van der Waals surface area contributed by atoms with Crippen LogP contribution < -0.4 is 11.3 Å². The maximum atomic E-state index is 8.78. The van der Waals surface area contributed by atoms with Crippen molar-refractivity contribution < 1.29 is 10.0 Å². The van der Waals surface area contributed by atoms with Crippen LogP contribution in [0.2, 0.25) is 0 Å². The number of aromatic amines is 1. The predicted octanol–water partition coefficient (Wildman–Crippen LogP) is -1.11. The van der Waals surface area contributed by atoms with E-state index in [0.717, 1.165) is 4.70 Å². The van der Waals surface area contributed by atoms with Gasteiger partial charge in [0, 0.05) is 5.59 Å². The van der Waals surface area contributed by atoms with E-state index in [2.05, 4.69) is 9.97 Å². The number of fused-ring (bicyclic) bond motifs is 1. The maximum absolute atomic E-state index is 8.78. The molecule has 0 saturated carbocycles. The van der Waals surface area contributed by atoms with Gasteiger partial charge in [-0.3, -0.25) is 0 Å². The molecule has 62 valence electrons. The van der Waals surface area contributed by atoms with Crippen molar-refractivity contribution in [2.24, 2.45) is 0 Å². The fraction of sp³-hybridized carbons (Fsp3) is 0. The number of nitrogens with one attached hydrogen (secondary N) is 1. The Morgan fingerprint density at radius 2 is 2.33 bits per heavy atom. The van der Waals surface area contributed by atoms with Crippen molar-refractivity contribution in [2.75, 3.05) is 5.73 Å². The summed E-state index contributed by atoms with van der Waals surface area (Å²) in [7, 11) is -1.48. The molecular formula is C5H6BN3O2S. The number of anilines is 1. The van der Waals surface area contributed by atoms with Gasteiger partial charge in [-0.2, -0.15) is 0 Å². The number of hydrogen-bond acceptors (Lipinski definition) is 5. The zero-order chi connectivity index (χ0) is 8.72. The molecule has 0 amide bonds.